The Kier molecular flexibility index (Phi) is 3.68. The minimum atomic E-state index is -0.430. The maximum Gasteiger partial charge on any atom is 0.330 e. The number of methoxy groups -OCH3 is 1. The number of nitrogens with one attached hydrogen (secondary N) is 1. The predicted octanol–water partition coefficient (Wildman–Crippen LogP) is 0.415. The molecule has 0 saturated carbocycles. The van der Waals surface area contributed by atoms with Crippen LogP contribution in [0.3, 0.4) is 0 Å². The van der Waals surface area contributed by atoms with E-state index in [0.29, 0.717) is 18.1 Å². The number of aromatic nitrogens is 2. The van der Waals surface area contributed by atoms with Crippen molar-refractivity contribution in [1.29, 1.82) is 0 Å². The molecule has 0 aliphatic carbocycles. The van der Waals surface area contributed by atoms with Crippen LogP contribution >= 0.6 is 0 Å². The molecule has 0 bridgehead atoms. The third-order valence-electron chi connectivity index (χ3n) is 3.33. The lowest BCUT2D eigenvalue weighted by Gasteiger charge is -2.16. The fraction of sp³-hybridized carbons (Fsp3) is 0.667. The molecule has 0 amide bonds. The molecular weight excluding hydrogens is 236 g/mol. The first-order valence-corrected chi connectivity index (χ1v) is 5.99. The molecule has 1 aromatic heterocycles. The summed E-state index contributed by atoms with van der Waals surface area (Å²) in [6.07, 6.45) is 1.94. The van der Waals surface area contributed by atoms with E-state index in [4.69, 9.17) is 9.47 Å². The summed E-state index contributed by atoms with van der Waals surface area (Å²) in [6.45, 7) is 4.24. The molecule has 1 aliphatic rings. The summed E-state index contributed by atoms with van der Waals surface area (Å²) in [5, 5.41) is 0. The Morgan fingerprint density at radius 2 is 2.28 bits per heavy atom. The molecule has 1 aromatic rings. The predicted molar refractivity (Wildman–Crippen MR) is 65.6 cm³/mol. The van der Waals surface area contributed by atoms with Crippen molar-refractivity contribution in [2.45, 2.75) is 32.6 Å². The lowest BCUT2D eigenvalue weighted by molar-refractivity contribution is -0.0405. The molecule has 2 unspecified atom stereocenters. The van der Waals surface area contributed by atoms with Gasteiger partial charge in [0, 0.05) is 18.9 Å². The highest BCUT2D eigenvalue weighted by atomic mass is 16.5. The van der Waals surface area contributed by atoms with Crippen LogP contribution < -0.4 is 11.2 Å². The standard InChI is InChI=1S/C12H18N2O4/c1-7-4-10(18-9(7)6-17-3)14-5-8(2)11(15)13-12(14)16/h5,7,9-10H,4,6H2,1-3H3,(H,13,15,16)/t7-,9?,10?/m1/s1. The number of hydrogen-bond donors (Lipinski definition) is 1. The number of ether oxygens (including phenoxy) is 2. The molecule has 2 rings (SSSR count). The summed E-state index contributed by atoms with van der Waals surface area (Å²) >= 11 is 0. The lowest BCUT2D eigenvalue weighted by atomic mass is 10.0. The fourth-order valence-corrected chi connectivity index (χ4v) is 2.21. The van der Waals surface area contributed by atoms with Gasteiger partial charge in [0.2, 0.25) is 0 Å². The molecule has 1 aliphatic heterocycles. The zero-order valence-corrected chi connectivity index (χ0v) is 10.8. The van der Waals surface area contributed by atoms with Crippen LogP contribution in [0.2, 0.25) is 0 Å². The monoisotopic (exact) mass is 254 g/mol. The maximum atomic E-state index is 11.7. The van der Waals surface area contributed by atoms with Crippen LogP contribution in [0.1, 0.15) is 25.1 Å². The van der Waals surface area contributed by atoms with E-state index in [1.807, 2.05) is 0 Å². The summed E-state index contributed by atoms with van der Waals surface area (Å²) in [6, 6.07) is 0. The van der Waals surface area contributed by atoms with E-state index in [2.05, 4.69) is 11.9 Å². The molecule has 100 valence electrons. The van der Waals surface area contributed by atoms with Crippen molar-refractivity contribution >= 4 is 0 Å². The topological polar surface area (TPSA) is 73.3 Å². The van der Waals surface area contributed by atoms with E-state index >= 15 is 0 Å². The van der Waals surface area contributed by atoms with Crippen molar-refractivity contribution in [1.82, 2.24) is 9.55 Å². The van der Waals surface area contributed by atoms with Crippen molar-refractivity contribution < 1.29 is 9.47 Å². The fourth-order valence-electron chi connectivity index (χ4n) is 2.21. The third-order valence-corrected chi connectivity index (χ3v) is 3.33. The van der Waals surface area contributed by atoms with Gasteiger partial charge in [0.15, 0.2) is 0 Å². The molecule has 2 heterocycles. The zero-order chi connectivity index (χ0) is 13.3. The van der Waals surface area contributed by atoms with E-state index in [-0.39, 0.29) is 17.9 Å². The minimum Gasteiger partial charge on any atom is -0.382 e. The van der Waals surface area contributed by atoms with Crippen molar-refractivity contribution in [2.24, 2.45) is 5.92 Å². The van der Waals surface area contributed by atoms with Gasteiger partial charge in [-0.15, -0.1) is 0 Å². The Bertz CT molecular complexity index is 534. The maximum absolute atomic E-state index is 11.7. The average Bonchev–Trinajstić information content (AvgIpc) is 2.66. The van der Waals surface area contributed by atoms with E-state index < -0.39 is 5.69 Å². The lowest BCUT2D eigenvalue weighted by Crippen LogP contribution is -2.33. The van der Waals surface area contributed by atoms with Crippen LogP contribution in [0.25, 0.3) is 0 Å². The second kappa shape index (κ2) is 5.07. The number of aryl methyl sites for hydroxylation is 1. The summed E-state index contributed by atoms with van der Waals surface area (Å²) in [5.41, 5.74) is -0.280. The average molecular weight is 254 g/mol. The first-order valence-electron chi connectivity index (χ1n) is 5.99. The van der Waals surface area contributed by atoms with Crippen molar-refractivity contribution in [2.75, 3.05) is 13.7 Å². The molecule has 0 spiro atoms. The van der Waals surface area contributed by atoms with Crippen LogP contribution in [0, 0.1) is 12.8 Å². The van der Waals surface area contributed by atoms with Crippen LogP contribution in [0.15, 0.2) is 15.8 Å². The number of hydrogen-bond acceptors (Lipinski definition) is 4. The quantitative estimate of drug-likeness (QED) is 0.848. The number of rotatable bonds is 3. The van der Waals surface area contributed by atoms with Gasteiger partial charge >= 0.3 is 5.69 Å². The van der Waals surface area contributed by atoms with Gasteiger partial charge in [-0.1, -0.05) is 6.92 Å². The van der Waals surface area contributed by atoms with Crippen LogP contribution in [-0.2, 0) is 9.47 Å². The van der Waals surface area contributed by atoms with E-state index in [9.17, 15) is 9.59 Å². The van der Waals surface area contributed by atoms with E-state index in [1.54, 1.807) is 20.2 Å². The molecule has 1 N–H and O–H groups in total. The number of H-pyrrole nitrogens is 1. The molecule has 6 nitrogen and oxygen atoms in total. The normalized spacial score (nSPS) is 27.6. The Hall–Kier alpha value is -1.40. The zero-order valence-electron chi connectivity index (χ0n) is 10.8. The molecule has 0 radical (unpaired) electrons. The number of aromatic amines is 1. The van der Waals surface area contributed by atoms with Gasteiger partial charge in [0.05, 0.1) is 12.7 Å². The van der Waals surface area contributed by atoms with Gasteiger partial charge in [-0.05, 0) is 19.3 Å². The molecular formula is C12H18N2O4. The van der Waals surface area contributed by atoms with Crippen molar-refractivity contribution in [3.63, 3.8) is 0 Å². The van der Waals surface area contributed by atoms with Gasteiger partial charge in [-0.3, -0.25) is 14.3 Å². The van der Waals surface area contributed by atoms with Crippen LogP contribution in [-0.4, -0.2) is 29.4 Å². The smallest absolute Gasteiger partial charge is 0.330 e. The Labute approximate surface area is 105 Å². The van der Waals surface area contributed by atoms with E-state index in [0.717, 1.165) is 6.42 Å². The molecule has 3 atom stereocenters. The van der Waals surface area contributed by atoms with E-state index in [1.165, 1.54) is 4.57 Å². The molecule has 0 aromatic carbocycles. The highest BCUT2D eigenvalue weighted by molar-refractivity contribution is 5.01. The van der Waals surface area contributed by atoms with Gasteiger partial charge in [0.25, 0.3) is 5.56 Å². The Balaban J connectivity index is 2.26. The molecule has 1 saturated heterocycles. The largest absolute Gasteiger partial charge is 0.382 e. The summed E-state index contributed by atoms with van der Waals surface area (Å²) < 4.78 is 12.3. The minimum absolute atomic E-state index is 0.0147. The SMILES string of the molecule is COCC1OC(n2cc(C)c(=O)[nH]c2=O)C[C@H]1C. The first kappa shape index (κ1) is 13.0. The second-order valence-electron chi connectivity index (χ2n) is 4.78. The highest BCUT2D eigenvalue weighted by Crippen LogP contribution is 2.32. The second-order valence-corrected chi connectivity index (χ2v) is 4.78. The highest BCUT2D eigenvalue weighted by Gasteiger charge is 2.33. The van der Waals surface area contributed by atoms with Gasteiger partial charge in [0.1, 0.15) is 6.23 Å². The van der Waals surface area contributed by atoms with Crippen molar-refractivity contribution in [3.8, 4) is 0 Å². The summed E-state index contributed by atoms with van der Waals surface area (Å²) in [4.78, 5) is 25.3. The Morgan fingerprint density at radius 3 is 2.94 bits per heavy atom. The molecule has 18 heavy (non-hydrogen) atoms. The summed E-state index contributed by atoms with van der Waals surface area (Å²) in [5.74, 6) is 0.314. The van der Waals surface area contributed by atoms with Crippen LogP contribution in [0.5, 0.6) is 0 Å². The van der Waals surface area contributed by atoms with Crippen molar-refractivity contribution in [3.05, 3.63) is 32.6 Å². The Morgan fingerprint density at radius 1 is 1.56 bits per heavy atom. The van der Waals surface area contributed by atoms with Gasteiger partial charge in [-0.2, -0.15) is 0 Å². The summed E-state index contributed by atoms with van der Waals surface area (Å²) in [7, 11) is 1.62. The van der Waals surface area contributed by atoms with Crippen LogP contribution in [0.4, 0.5) is 0 Å². The molecule has 1 fully saturated rings. The first-order chi connectivity index (χ1) is 8.52. The molecule has 6 heteroatoms. The van der Waals surface area contributed by atoms with Gasteiger partial charge in [-0.25, -0.2) is 4.79 Å². The van der Waals surface area contributed by atoms with Gasteiger partial charge < -0.3 is 9.47 Å². The third kappa shape index (κ3) is 2.39. The number of nitrogens with zero attached hydrogens (tertiary/aromatic N) is 1.